The molecule has 2 saturated heterocycles. The second-order valence-electron chi connectivity index (χ2n) is 4.40. The zero-order chi connectivity index (χ0) is 10.7. The monoisotopic (exact) mass is 228 g/mol. The van der Waals surface area contributed by atoms with E-state index >= 15 is 0 Å². The highest BCUT2D eigenvalue weighted by atomic mass is 32.2. The molecular formula is C11H20N2OS. The number of thioether (sulfide) groups is 1. The second-order valence-corrected chi connectivity index (χ2v) is 5.88. The third-order valence-corrected chi connectivity index (χ3v) is 4.83. The Labute approximate surface area is 96.0 Å². The van der Waals surface area contributed by atoms with E-state index in [2.05, 4.69) is 12.2 Å². The van der Waals surface area contributed by atoms with E-state index in [0.717, 1.165) is 38.9 Å². The lowest BCUT2D eigenvalue weighted by molar-refractivity contribution is -0.132. The normalized spacial score (nSPS) is 24.7. The average Bonchev–Trinajstić information content (AvgIpc) is 2.68. The van der Waals surface area contributed by atoms with Crippen molar-refractivity contribution < 1.29 is 4.79 Å². The summed E-state index contributed by atoms with van der Waals surface area (Å²) in [5.74, 6) is 1.57. The van der Waals surface area contributed by atoms with E-state index in [4.69, 9.17) is 0 Å². The standard InChI is InChI=1S/C11H20N2OS/c1-2-3-10(14)13-7-4-11(5-8-13)12-6-9-15-11/h12H,2-9H2,1H3. The summed E-state index contributed by atoms with van der Waals surface area (Å²) in [7, 11) is 0. The van der Waals surface area contributed by atoms with Crippen LogP contribution in [0.4, 0.5) is 0 Å². The van der Waals surface area contributed by atoms with E-state index in [-0.39, 0.29) is 0 Å². The Balaban J connectivity index is 1.83. The molecule has 15 heavy (non-hydrogen) atoms. The van der Waals surface area contributed by atoms with Crippen molar-refractivity contribution in [1.29, 1.82) is 0 Å². The van der Waals surface area contributed by atoms with Crippen LogP contribution in [0.25, 0.3) is 0 Å². The molecule has 86 valence electrons. The Morgan fingerprint density at radius 3 is 2.73 bits per heavy atom. The molecule has 0 aromatic rings. The number of nitrogens with zero attached hydrogens (tertiary/aromatic N) is 1. The molecule has 2 heterocycles. The van der Waals surface area contributed by atoms with E-state index in [1.807, 2.05) is 16.7 Å². The van der Waals surface area contributed by atoms with Crippen LogP contribution in [-0.2, 0) is 4.79 Å². The molecule has 2 aliphatic heterocycles. The molecule has 0 saturated carbocycles. The van der Waals surface area contributed by atoms with Gasteiger partial charge in [0.25, 0.3) is 0 Å². The van der Waals surface area contributed by atoms with E-state index in [0.29, 0.717) is 17.2 Å². The zero-order valence-electron chi connectivity index (χ0n) is 9.42. The lowest BCUT2D eigenvalue weighted by atomic mass is 10.0. The van der Waals surface area contributed by atoms with Gasteiger partial charge < -0.3 is 10.2 Å². The summed E-state index contributed by atoms with van der Waals surface area (Å²) in [4.78, 5) is 14.0. The van der Waals surface area contributed by atoms with Crippen LogP contribution in [0.2, 0.25) is 0 Å². The maximum Gasteiger partial charge on any atom is 0.222 e. The molecule has 1 N–H and O–H groups in total. The fraction of sp³-hybridized carbons (Fsp3) is 0.909. The molecule has 0 radical (unpaired) electrons. The lowest BCUT2D eigenvalue weighted by Gasteiger charge is -2.38. The number of amides is 1. The maximum absolute atomic E-state index is 11.7. The molecule has 1 spiro atoms. The summed E-state index contributed by atoms with van der Waals surface area (Å²) >= 11 is 2.04. The topological polar surface area (TPSA) is 32.3 Å². The predicted octanol–water partition coefficient (Wildman–Crippen LogP) is 1.44. The van der Waals surface area contributed by atoms with Crippen molar-refractivity contribution in [1.82, 2.24) is 10.2 Å². The molecule has 4 heteroatoms. The molecule has 0 aromatic carbocycles. The van der Waals surface area contributed by atoms with E-state index < -0.39 is 0 Å². The molecule has 0 aliphatic carbocycles. The average molecular weight is 228 g/mol. The molecule has 3 nitrogen and oxygen atoms in total. The van der Waals surface area contributed by atoms with Crippen LogP contribution >= 0.6 is 11.8 Å². The van der Waals surface area contributed by atoms with Gasteiger partial charge in [-0.1, -0.05) is 6.92 Å². The van der Waals surface area contributed by atoms with Crippen molar-refractivity contribution >= 4 is 17.7 Å². The van der Waals surface area contributed by atoms with Gasteiger partial charge in [-0.25, -0.2) is 0 Å². The third-order valence-electron chi connectivity index (χ3n) is 3.32. The SMILES string of the molecule is CCCC(=O)N1CCC2(CC1)NCCS2. The van der Waals surface area contributed by atoms with Crippen LogP contribution in [0.1, 0.15) is 32.6 Å². The third kappa shape index (κ3) is 2.48. The van der Waals surface area contributed by atoms with Crippen LogP contribution in [-0.4, -0.2) is 41.1 Å². The highest BCUT2D eigenvalue weighted by molar-refractivity contribution is 8.00. The number of carbonyl (C=O) groups is 1. The molecule has 0 aromatic heterocycles. The molecule has 0 atom stereocenters. The van der Waals surface area contributed by atoms with Gasteiger partial charge in [0.15, 0.2) is 0 Å². The van der Waals surface area contributed by atoms with Crippen LogP contribution in [0.3, 0.4) is 0 Å². The largest absolute Gasteiger partial charge is 0.342 e. The molecule has 2 aliphatic rings. The van der Waals surface area contributed by atoms with Crippen LogP contribution in [0.15, 0.2) is 0 Å². The Morgan fingerprint density at radius 2 is 2.20 bits per heavy atom. The van der Waals surface area contributed by atoms with Gasteiger partial charge in [-0.15, -0.1) is 11.8 Å². The number of hydrogen-bond donors (Lipinski definition) is 1. The molecular weight excluding hydrogens is 208 g/mol. The highest BCUT2D eigenvalue weighted by Crippen LogP contribution is 2.36. The molecule has 2 fully saturated rings. The van der Waals surface area contributed by atoms with Gasteiger partial charge >= 0.3 is 0 Å². The Hall–Kier alpha value is -0.220. The van der Waals surface area contributed by atoms with Crippen LogP contribution in [0.5, 0.6) is 0 Å². The minimum atomic E-state index is 0.309. The minimum Gasteiger partial charge on any atom is -0.342 e. The van der Waals surface area contributed by atoms with Crippen molar-refractivity contribution in [2.45, 2.75) is 37.5 Å². The Morgan fingerprint density at radius 1 is 1.47 bits per heavy atom. The van der Waals surface area contributed by atoms with Gasteiger partial charge in [-0.05, 0) is 19.3 Å². The summed E-state index contributed by atoms with van der Waals surface area (Å²) in [6, 6.07) is 0. The first-order chi connectivity index (χ1) is 7.26. The van der Waals surface area contributed by atoms with E-state index in [1.54, 1.807) is 0 Å². The number of piperidine rings is 1. The number of rotatable bonds is 2. The lowest BCUT2D eigenvalue weighted by Crippen LogP contribution is -2.49. The number of carbonyl (C=O) groups excluding carboxylic acids is 1. The van der Waals surface area contributed by atoms with Crippen molar-refractivity contribution in [2.24, 2.45) is 0 Å². The fourth-order valence-corrected chi connectivity index (χ4v) is 3.66. The number of likely N-dealkylation sites (tertiary alicyclic amines) is 1. The van der Waals surface area contributed by atoms with Crippen molar-refractivity contribution in [3.8, 4) is 0 Å². The molecule has 2 rings (SSSR count). The smallest absolute Gasteiger partial charge is 0.222 e. The first-order valence-corrected chi connectivity index (χ1v) is 6.91. The summed E-state index contributed by atoms with van der Waals surface area (Å²) in [5.41, 5.74) is 0. The molecule has 0 unspecified atom stereocenters. The van der Waals surface area contributed by atoms with Gasteiger partial charge in [-0.3, -0.25) is 4.79 Å². The summed E-state index contributed by atoms with van der Waals surface area (Å²) in [5, 5.41) is 3.59. The maximum atomic E-state index is 11.7. The summed E-state index contributed by atoms with van der Waals surface area (Å²) in [6.07, 6.45) is 3.92. The van der Waals surface area contributed by atoms with Gasteiger partial charge in [0, 0.05) is 31.8 Å². The first-order valence-electron chi connectivity index (χ1n) is 5.92. The van der Waals surface area contributed by atoms with Gasteiger partial charge in [0.05, 0.1) is 4.87 Å². The highest BCUT2D eigenvalue weighted by Gasteiger charge is 2.38. The Kier molecular flexibility index (Phi) is 3.57. The zero-order valence-corrected chi connectivity index (χ0v) is 10.2. The summed E-state index contributed by atoms with van der Waals surface area (Å²) in [6.45, 7) is 5.09. The van der Waals surface area contributed by atoms with E-state index in [9.17, 15) is 4.79 Å². The first kappa shape index (κ1) is 11.3. The molecule has 1 amide bonds. The number of hydrogen-bond acceptors (Lipinski definition) is 3. The molecule has 0 bridgehead atoms. The second kappa shape index (κ2) is 4.74. The van der Waals surface area contributed by atoms with Crippen molar-refractivity contribution in [2.75, 3.05) is 25.4 Å². The van der Waals surface area contributed by atoms with Gasteiger partial charge in [0.1, 0.15) is 0 Å². The van der Waals surface area contributed by atoms with Crippen LogP contribution in [0, 0.1) is 0 Å². The van der Waals surface area contributed by atoms with Crippen LogP contribution < -0.4 is 5.32 Å². The quantitative estimate of drug-likeness (QED) is 0.776. The minimum absolute atomic E-state index is 0.309. The number of nitrogens with one attached hydrogen (secondary N) is 1. The van der Waals surface area contributed by atoms with Gasteiger partial charge in [-0.2, -0.15) is 0 Å². The summed E-state index contributed by atoms with van der Waals surface area (Å²) < 4.78 is 0. The van der Waals surface area contributed by atoms with E-state index in [1.165, 1.54) is 5.75 Å². The van der Waals surface area contributed by atoms with Crippen molar-refractivity contribution in [3.05, 3.63) is 0 Å². The predicted molar refractivity (Wildman–Crippen MR) is 63.9 cm³/mol. The Bertz CT molecular complexity index is 229. The fourth-order valence-electron chi connectivity index (χ4n) is 2.39. The van der Waals surface area contributed by atoms with Gasteiger partial charge in [0.2, 0.25) is 5.91 Å². The van der Waals surface area contributed by atoms with Crippen molar-refractivity contribution in [3.63, 3.8) is 0 Å².